The molecule has 3 aromatic carbocycles. The molecule has 0 spiro atoms. The van der Waals surface area contributed by atoms with Gasteiger partial charge in [-0.05, 0) is 53.7 Å². The van der Waals surface area contributed by atoms with Crippen LogP contribution in [0.3, 0.4) is 0 Å². The predicted octanol–water partition coefficient (Wildman–Crippen LogP) is 4.04. The zero-order valence-corrected chi connectivity index (χ0v) is 26.1. The van der Waals surface area contributed by atoms with Gasteiger partial charge >= 0.3 is 0 Å². The summed E-state index contributed by atoms with van der Waals surface area (Å²) in [6.07, 6.45) is 7.65. The number of likely N-dealkylation sites (N-methyl/N-ethyl adjacent to an activating group) is 3. The molecular weight excluding hydrogens is 538 g/mol. The zero-order valence-electron chi connectivity index (χ0n) is 26.1. The molecule has 3 aromatic rings. The second-order valence-electron chi connectivity index (χ2n) is 12.0. The Balaban J connectivity index is 1.64. The van der Waals surface area contributed by atoms with E-state index in [1.54, 1.807) is 40.2 Å². The van der Waals surface area contributed by atoms with E-state index in [0.717, 1.165) is 41.2 Å². The molecule has 1 saturated carbocycles. The summed E-state index contributed by atoms with van der Waals surface area (Å²) in [7, 11) is 8.59. The second kappa shape index (κ2) is 14.0. The van der Waals surface area contributed by atoms with E-state index in [4.69, 9.17) is 5.73 Å². The average Bonchev–Trinajstić information content (AvgIpc) is 3.00. The molecule has 43 heavy (non-hydrogen) atoms. The Morgan fingerprint density at radius 2 is 1.37 bits per heavy atom. The van der Waals surface area contributed by atoms with Gasteiger partial charge in [-0.1, -0.05) is 78.9 Å². The van der Waals surface area contributed by atoms with Crippen LogP contribution < -0.4 is 5.73 Å². The standard InChI is InChI=1S/C35H45N5O3/c1-37(2)40(5)34(43)31(24-26-13-7-6-8-14-26)39(4)33(42)30(25-27-18-19-28-15-9-10-16-29(28)23-27)38(3)32(41)17-11-20-35(36)21-12-22-35/h6-11,13-19,23,30-31H,12,20-22,24-25,36H2,1-5H3/b17-11+/t30-,31?/m1/s1. The SMILES string of the molecule is CN(C(=O)[C@@H](Cc1ccc2ccccc2c1)N(C)C(=O)/C=C/CC1(N)CCC1)C(Cc1ccccc1)C(=O)N(C)N(C)C. The smallest absolute Gasteiger partial charge is 0.259 e. The molecule has 0 saturated heterocycles. The van der Waals surface area contributed by atoms with Gasteiger partial charge in [0.2, 0.25) is 11.8 Å². The van der Waals surface area contributed by atoms with Crippen LogP contribution in [0.5, 0.6) is 0 Å². The van der Waals surface area contributed by atoms with Crippen LogP contribution in [0.1, 0.15) is 36.8 Å². The van der Waals surface area contributed by atoms with Gasteiger partial charge in [0, 0.05) is 53.6 Å². The van der Waals surface area contributed by atoms with E-state index in [2.05, 4.69) is 6.07 Å². The first-order chi connectivity index (χ1) is 20.5. The van der Waals surface area contributed by atoms with Crippen molar-refractivity contribution in [2.45, 2.75) is 56.1 Å². The molecule has 4 rings (SSSR count). The highest BCUT2D eigenvalue weighted by atomic mass is 16.2. The molecule has 8 heteroatoms. The maximum absolute atomic E-state index is 14.4. The summed E-state index contributed by atoms with van der Waals surface area (Å²) in [6, 6.07) is 22.2. The van der Waals surface area contributed by atoms with Crippen LogP contribution in [0.25, 0.3) is 10.8 Å². The molecule has 1 unspecified atom stereocenters. The molecule has 228 valence electrons. The van der Waals surface area contributed by atoms with Crippen molar-refractivity contribution in [1.82, 2.24) is 19.8 Å². The number of rotatable bonds is 12. The van der Waals surface area contributed by atoms with Crippen LogP contribution in [-0.2, 0) is 27.2 Å². The largest absolute Gasteiger partial charge is 0.332 e. The molecule has 1 fully saturated rings. The Hall–Kier alpha value is -4.01. The van der Waals surface area contributed by atoms with E-state index >= 15 is 0 Å². The molecule has 8 nitrogen and oxygen atoms in total. The Labute approximate surface area is 255 Å². The van der Waals surface area contributed by atoms with Crippen molar-refractivity contribution < 1.29 is 14.4 Å². The third kappa shape index (κ3) is 7.89. The molecule has 2 N–H and O–H groups in total. The van der Waals surface area contributed by atoms with E-state index in [-0.39, 0.29) is 23.3 Å². The van der Waals surface area contributed by atoms with Gasteiger partial charge in [0.25, 0.3) is 5.91 Å². The molecule has 3 amide bonds. The van der Waals surface area contributed by atoms with Gasteiger partial charge in [0.05, 0.1) is 0 Å². The maximum Gasteiger partial charge on any atom is 0.259 e. The fourth-order valence-corrected chi connectivity index (χ4v) is 5.51. The lowest BCUT2D eigenvalue weighted by Gasteiger charge is -2.37. The highest BCUT2D eigenvalue weighted by Gasteiger charge is 2.36. The number of carbonyl (C=O) groups is 3. The van der Waals surface area contributed by atoms with Crippen molar-refractivity contribution >= 4 is 28.5 Å². The van der Waals surface area contributed by atoms with Crippen molar-refractivity contribution in [3.8, 4) is 0 Å². The number of nitrogens with zero attached hydrogens (tertiary/aromatic N) is 4. The third-order valence-electron chi connectivity index (χ3n) is 8.77. The van der Waals surface area contributed by atoms with E-state index < -0.39 is 12.1 Å². The van der Waals surface area contributed by atoms with E-state index in [1.165, 1.54) is 20.9 Å². The minimum absolute atomic E-state index is 0.211. The average molecular weight is 584 g/mol. The lowest BCUT2D eigenvalue weighted by atomic mass is 9.75. The van der Waals surface area contributed by atoms with Crippen LogP contribution in [-0.4, -0.2) is 90.4 Å². The third-order valence-corrected chi connectivity index (χ3v) is 8.77. The van der Waals surface area contributed by atoms with Gasteiger partial charge in [-0.3, -0.25) is 19.4 Å². The van der Waals surface area contributed by atoms with Gasteiger partial charge in [0.1, 0.15) is 12.1 Å². The molecule has 0 bridgehead atoms. The van der Waals surface area contributed by atoms with Crippen molar-refractivity contribution in [1.29, 1.82) is 0 Å². The van der Waals surface area contributed by atoms with Gasteiger partial charge in [-0.15, -0.1) is 0 Å². The lowest BCUT2D eigenvalue weighted by Crippen LogP contribution is -2.57. The Bertz CT molecular complexity index is 1450. The lowest BCUT2D eigenvalue weighted by molar-refractivity contribution is -0.154. The highest BCUT2D eigenvalue weighted by molar-refractivity contribution is 5.95. The summed E-state index contributed by atoms with van der Waals surface area (Å²) in [5.41, 5.74) is 7.99. The first-order valence-corrected chi connectivity index (χ1v) is 14.9. The number of carbonyl (C=O) groups excluding carboxylic acids is 3. The summed E-state index contributed by atoms with van der Waals surface area (Å²) in [5.74, 6) is -0.781. The number of amides is 3. The molecule has 0 heterocycles. The minimum atomic E-state index is -0.824. The summed E-state index contributed by atoms with van der Waals surface area (Å²) in [4.78, 5) is 44.6. The van der Waals surface area contributed by atoms with Crippen molar-refractivity contribution in [3.63, 3.8) is 0 Å². The van der Waals surface area contributed by atoms with Crippen molar-refractivity contribution in [2.75, 3.05) is 35.2 Å². The number of nitrogens with two attached hydrogens (primary N) is 1. The van der Waals surface area contributed by atoms with Crippen LogP contribution >= 0.6 is 0 Å². The molecule has 0 radical (unpaired) electrons. The van der Waals surface area contributed by atoms with Crippen LogP contribution in [0.2, 0.25) is 0 Å². The number of hydrazine groups is 1. The first-order valence-electron chi connectivity index (χ1n) is 14.9. The zero-order chi connectivity index (χ0) is 31.1. The van der Waals surface area contributed by atoms with Crippen LogP contribution in [0.4, 0.5) is 0 Å². The normalized spacial score (nSPS) is 15.6. The summed E-state index contributed by atoms with van der Waals surface area (Å²) in [6.45, 7) is 0. The van der Waals surface area contributed by atoms with Gasteiger partial charge < -0.3 is 15.5 Å². The Kier molecular flexibility index (Phi) is 10.4. The minimum Gasteiger partial charge on any atom is -0.332 e. The maximum atomic E-state index is 14.4. The quantitative estimate of drug-likeness (QED) is 0.257. The molecule has 0 aromatic heterocycles. The van der Waals surface area contributed by atoms with Crippen molar-refractivity contribution in [3.05, 3.63) is 96.1 Å². The highest BCUT2D eigenvalue weighted by Crippen LogP contribution is 2.32. The van der Waals surface area contributed by atoms with E-state index in [1.807, 2.05) is 72.8 Å². The van der Waals surface area contributed by atoms with Crippen LogP contribution in [0, 0.1) is 0 Å². The van der Waals surface area contributed by atoms with E-state index in [0.29, 0.717) is 19.3 Å². The summed E-state index contributed by atoms with van der Waals surface area (Å²) in [5, 5.41) is 5.37. The van der Waals surface area contributed by atoms with Gasteiger partial charge in [0.15, 0.2) is 0 Å². The van der Waals surface area contributed by atoms with Gasteiger partial charge in [-0.25, -0.2) is 5.01 Å². The first kappa shape index (κ1) is 31.9. The number of hydrogen-bond donors (Lipinski definition) is 1. The second-order valence-corrected chi connectivity index (χ2v) is 12.0. The Morgan fingerprint density at radius 1 is 0.767 bits per heavy atom. The number of fused-ring (bicyclic) bond motifs is 1. The predicted molar refractivity (Wildman–Crippen MR) is 172 cm³/mol. The monoisotopic (exact) mass is 583 g/mol. The Morgan fingerprint density at radius 3 is 2.00 bits per heavy atom. The van der Waals surface area contributed by atoms with Gasteiger partial charge in [-0.2, -0.15) is 0 Å². The molecule has 1 aliphatic rings. The molecule has 1 aliphatic carbocycles. The molecular formula is C35H45N5O3. The summed E-state index contributed by atoms with van der Waals surface area (Å²) >= 11 is 0. The molecule has 0 aliphatic heterocycles. The van der Waals surface area contributed by atoms with E-state index in [9.17, 15) is 14.4 Å². The topological polar surface area (TPSA) is 90.2 Å². The number of hydrogen-bond acceptors (Lipinski definition) is 5. The number of benzene rings is 3. The molecule has 2 atom stereocenters. The fraction of sp³-hybridized carbons (Fsp3) is 0.400. The fourth-order valence-electron chi connectivity index (χ4n) is 5.51. The van der Waals surface area contributed by atoms with Crippen LogP contribution in [0.15, 0.2) is 84.9 Å². The van der Waals surface area contributed by atoms with Crippen molar-refractivity contribution in [2.24, 2.45) is 5.73 Å². The summed E-state index contributed by atoms with van der Waals surface area (Å²) < 4.78 is 0.